The van der Waals surface area contributed by atoms with E-state index in [9.17, 15) is 14.0 Å². The molecule has 0 radical (unpaired) electrons. The van der Waals surface area contributed by atoms with Crippen molar-refractivity contribution >= 4 is 11.9 Å². The summed E-state index contributed by atoms with van der Waals surface area (Å²) in [6.45, 7) is 4.96. The summed E-state index contributed by atoms with van der Waals surface area (Å²) < 4.78 is 18.0. The Morgan fingerprint density at radius 3 is 2.22 bits per heavy atom. The fourth-order valence-electron chi connectivity index (χ4n) is 1.70. The Balaban J connectivity index is 2.15. The van der Waals surface area contributed by atoms with Crippen LogP contribution in [0.4, 0.5) is 9.18 Å². The molecule has 0 fully saturated rings. The summed E-state index contributed by atoms with van der Waals surface area (Å²) in [4.78, 5) is 23.3. The van der Waals surface area contributed by atoms with E-state index >= 15 is 0 Å². The molecule has 3 amide bonds. The molecule has 6 nitrogen and oxygen atoms in total. The number of urea groups is 1. The number of nitrogens with one attached hydrogen (secondary N) is 3. The van der Waals surface area contributed by atoms with Gasteiger partial charge in [-0.05, 0) is 44.5 Å². The van der Waals surface area contributed by atoms with Crippen molar-refractivity contribution < 1.29 is 18.7 Å². The third-order valence-corrected chi connectivity index (χ3v) is 3.37. The standard InChI is InChI=1S/C16H24FN3O3/c1-16(2,23-3)8-9-19-15(22)20-11-10-18-14(21)12-4-6-13(17)7-5-12/h4-7H,8-11H2,1-3H3,(H,18,21)(H2,19,20,22). The first kappa shape index (κ1) is 18.9. The van der Waals surface area contributed by atoms with Gasteiger partial charge in [0, 0.05) is 32.3 Å². The van der Waals surface area contributed by atoms with Crippen LogP contribution in [0, 0.1) is 5.82 Å². The minimum Gasteiger partial charge on any atom is -0.379 e. The molecule has 1 aromatic rings. The fourth-order valence-corrected chi connectivity index (χ4v) is 1.70. The van der Waals surface area contributed by atoms with Crippen LogP contribution in [-0.4, -0.2) is 44.3 Å². The molecule has 0 unspecified atom stereocenters. The molecule has 3 N–H and O–H groups in total. The number of amides is 3. The molecule has 0 spiro atoms. The van der Waals surface area contributed by atoms with Crippen LogP contribution >= 0.6 is 0 Å². The highest BCUT2D eigenvalue weighted by molar-refractivity contribution is 5.94. The molecule has 128 valence electrons. The zero-order chi connectivity index (χ0) is 17.3. The SMILES string of the molecule is COC(C)(C)CCNC(=O)NCCNC(=O)c1ccc(F)cc1. The van der Waals surface area contributed by atoms with Crippen LogP contribution in [0.15, 0.2) is 24.3 Å². The van der Waals surface area contributed by atoms with E-state index in [-0.39, 0.29) is 24.1 Å². The summed E-state index contributed by atoms with van der Waals surface area (Å²) in [5.41, 5.74) is 0.0915. The smallest absolute Gasteiger partial charge is 0.314 e. The van der Waals surface area contributed by atoms with E-state index in [0.717, 1.165) is 0 Å². The van der Waals surface area contributed by atoms with Crippen LogP contribution in [-0.2, 0) is 4.74 Å². The Kier molecular flexibility index (Phi) is 7.47. The van der Waals surface area contributed by atoms with Crippen molar-refractivity contribution in [3.05, 3.63) is 35.6 Å². The molecule has 1 rings (SSSR count). The van der Waals surface area contributed by atoms with E-state index in [1.165, 1.54) is 24.3 Å². The average molecular weight is 325 g/mol. The van der Waals surface area contributed by atoms with Crippen LogP contribution in [0.2, 0.25) is 0 Å². The lowest BCUT2D eigenvalue weighted by atomic mass is 10.1. The van der Waals surface area contributed by atoms with Gasteiger partial charge in [0.2, 0.25) is 0 Å². The molecular formula is C16H24FN3O3. The number of rotatable bonds is 8. The Bertz CT molecular complexity index is 518. The fraction of sp³-hybridized carbons (Fsp3) is 0.500. The second-order valence-electron chi connectivity index (χ2n) is 5.66. The molecule has 23 heavy (non-hydrogen) atoms. The van der Waals surface area contributed by atoms with Crippen molar-refractivity contribution in [3.63, 3.8) is 0 Å². The summed E-state index contributed by atoms with van der Waals surface area (Å²) in [6, 6.07) is 4.96. The molecule has 7 heteroatoms. The second kappa shape index (κ2) is 9.09. The van der Waals surface area contributed by atoms with E-state index in [1.807, 2.05) is 13.8 Å². The van der Waals surface area contributed by atoms with Crippen molar-refractivity contribution in [1.82, 2.24) is 16.0 Å². The monoisotopic (exact) mass is 325 g/mol. The van der Waals surface area contributed by atoms with Crippen LogP contribution < -0.4 is 16.0 Å². The first-order valence-electron chi connectivity index (χ1n) is 7.45. The lowest BCUT2D eigenvalue weighted by molar-refractivity contribution is 0.0164. The molecule has 0 aliphatic rings. The largest absolute Gasteiger partial charge is 0.379 e. The molecule has 0 aliphatic carbocycles. The van der Waals surface area contributed by atoms with Crippen molar-refractivity contribution in [3.8, 4) is 0 Å². The Labute approximate surface area is 135 Å². The maximum atomic E-state index is 12.7. The molecule has 0 saturated carbocycles. The summed E-state index contributed by atoms with van der Waals surface area (Å²) in [6.07, 6.45) is 0.693. The van der Waals surface area contributed by atoms with E-state index in [0.29, 0.717) is 25.1 Å². The van der Waals surface area contributed by atoms with Gasteiger partial charge in [0.15, 0.2) is 0 Å². The van der Waals surface area contributed by atoms with Crippen molar-refractivity contribution in [2.24, 2.45) is 0 Å². The second-order valence-corrected chi connectivity index (χ2v) is 5.66. The molecule has 0 heterocycles. The Hall–Kier alpha value is -2.15. The predicted octanol–water partition coefficient (Wildman–Crippen LogP) is 1.67. The number of hydrogen-bond acceptors (Lipinski definition) is 3. The number of carbonyl (C=O) groups excluding carboxylic acids is 2. The topological polar surface area (TPSA) is 79.5 Å². The average Bonchev–Trinajstić information content (AvgIpc) is 2.52. The zero-order valence-electron chi connectivity index (χ0n) is 13.7. The third kappa shape index (κ3) is 7.60. The highest BCUT2D eigenvalue weighted by Crippen LogP contribution is 2.11. The van der Waals surface area contributed by atoms with Crippen LogP contribution in [0.5, 0.6) is 0 Å². The quantitative estimate of drug-likeness (QED) is 0.636. The predicted molar refractivity (Wildman–Crippen MR) is 85.8 cm³/mol. The van der Waals surface area contributed by atoms with E-state index in [2.05, 4.69) is 16.0 Å². The molecule has 0 bridgehead atoms. The van der Waals surface area contributed by atoms with E-state index in [1.54, 1.807) is 7.11 Å². The van der Waals surface area contributed by atoms with Gasteiger partial charge in [-0.25, -0.2) is 9.18 Å². The molecule has 1 aromatic carbocycles. The Morgan fingerprint density at radius 2 is 1.61 bits per heavy atom. The molecule has 0 saturated heterocycles. The number of halogens is 1. The summed E-state index contributed by atoms with van der Waals surface area (Å²) in [5, 5.41) is 7.99. The highest BCUT2D eigenvalue weighted by Gasteiger charge is 2.15. The van der Waals surface area contributed by atoms with Gasteiger partial charge in [0.1, 0.15) is 5.82 Å². The summed E-state index contributed by atoms with van der Waals surface area (Å²) in [7, 11) is 1.63. The third-order valence-electron chi connectivity index (χ3n) is 3.37. The van der Waals surface area contributed by atoms with Crippen LogP contribution in [0.25, 0.3) is 0 Å². The van der Waals surface area contributed by atoms with E-state index in [4.69, 9.17) is 4.74 Å². The van der Waals surface area contributed by atoms with Gasteiger partial charge in [0.05, 0.1) is 5.60 Å². The molecular weight excluding hydrogens is 301 g/mol. The summed E-state index contributed by atoms with van der Waals surface area (Å²) in [5.74, 6) is -0.703. The minimum absolute atomic E-state index is 0.281. The maximum absolute atomic E-state index is 12.7. The van der Waals surface area contributed by atoms with Gasteiger partial charge >= 0.3 is 6.03 Å². The van der Waals surface area contributed by atoms with Crippen molar-refractivity contribution in [2.75, 3.05) is 26.7 Å². The zero-order valence-corrected chi connectivity index (χ0v) is 13.7. The van der Waals surface area contributed by atoms with Gasteiger partial charge in [-0.2, -0.15) is 0 Å². The van der Waals surface area contributed by atoms with Gasteiger partial charge in [-0.3, -0.25) is 4.79 Å². The lowest BCUT2D eigenvalue weighted by Crippen LogP contribution is -2.41. The molecule has 0 aliphatic heterocycles. The Morgan fingerprint density at radius 1 is 1.04 bits per heavy atom. The number of ether oxygens (including phenoxy) is 1. The normalized spacial score (nSPS) is 11.0. The number of carbonyl (C=O) groups is 2. The van der Waals surface area contributed by atoms with Crippen molar-refractivity contribution in [1.29, 1.82) is 0 Å². The number of hydrogen-bond donors (Lipinski definition) is 3. The van der Waals surface area contributed by atoms with Crippen LogP contribution in [0.1, 0.15) is 30.6 Å². The van der Waals surface area contributed by atoms with Gasteiger partial charge in [-0.1, -0.05) is 0 Å². The summed E-state index contributed by atoms with van der Waals surface area (Å²) >= 11 is 0. The highest BCUT2D eigenvalue weighted by atomic mass is 19.1. The van der Waals surface area contributed by atoms with Crippen molar-refractivity contribution in [2.45, 2.75) is 25.9 Å². The van der Waals surface area contributed by atoms with Crippen LogP contribution in [0.3, 0.4) is 0 Å². The number of methoxy groups -OCH3 is 1. The minimum atomic E-state index is -0.392. The first-order valence-corrected chi connectivity index (χ1v) is 7.45. The molecule has 0 atom stereocenters. The lowest BCUT2D eigenvalue weighted by Gasteiger charge is -2.22. The van der Waals surface area contributed by atoms with Gasteiger partial charge in [-0.15, -0.1) is 0 Å². The van der Waals surface area contributed by atoms with E-state index < -0.39 is 5.82 Å². The first-order chi connectivity index (χ1) is 10.8. The van der Waals surface area contributed by atoms with Gasteiger partial charge < -0.3 is 20.7 Å². The number of benzene rings is 1. The molecule has 0 aromatic heterocycles. The van der Waals surface area contributed by atoms with Gasteiger partial charge in [0.25, 0.3) is 5.91 Å². The maximum Gasteiger partial charge on any atom is 0.314 e.